The topological polar surface area (TPSA) is 64.9 Å². The number of anilines is 2. The van der Waals surface area contributed by atoms with Crippen molar-refractivity contribution >= 4 is 22.3 Å². The summed E-state index contributed by atoms with van der Waals surface area (Å²) in [6.45, 7) is 4.06. The quantitative estimate of drug-likeness (QED) is 0.658. The molecule has 0 bridgehead atoms. The third-order valence-electron chi connectivity index (χ3n) is 3.75. The van der Waals surface area contributed by atoms with E-state index in [0.29, 0.717) is 5.82 Å². The van der Waals surface area contributed by atoms with Crippen molar-refractivity contribution in [3.8, 4) is 11.3 Å². The van der Waals surface area contributed by atoms with E-state index in [9.17, 15) is 0 Å². The standard InChI is InChI=1S/C17H17N3/c1-10-8-9-13-14(15(10)18)11(2)16(20-17(13)19)12-6-4-3-5-7-12/h3-9H,18H2,1-2H3,(H2,19,20). The molecule has 3 heteroatoms. The van der Waals surface area contributed by atoms with Crippen LogP contribution in [0.15, 0.2) is 42.5 Å². The molecule has 0 fully saturated rings. The highest BCUT2D eigenvalue weighted by Crippen LogP contribution is 2.35. The molecule has 0 atom stereocenters. The minimum absolute atomic E-state index is 0.524. The van der Waals surface area contributed by atoms with Crippen LogP contribution in [0.25, 0.3) is 22.0 Å². The number of nitrogens with zero attached hydrogens (tertiary/aromatic N) is 1. The van der Waals surface area contributed by atoms with Gasteiger partial charge in [-0.1, -0.05) is 42.5 Å². The zero-order valence-electron chi connectivity index (χ0n) is 11.6. The molecule has 0 aliphatic rings. The predicted molar refractivity (Wildman–Crippen MR) is 85.5 cm³/mol. The SMILES string of the molecule is Cc1ccc2c(N)nc(-c3ccccc3)c(C)c2c1N. The van der Waals surface area contributed by atoms with Gasteiger partial charge in [-0.15, -0.1) is 0 Å². The summed E-state index contributed by atoms with van der Waals surface area (Å²) in [7, 11) is 0. The Bertz CT molecular complexity index is 792. The van der Waals surface area contributed by atoms with Gasteiger partial charge in [0.2, 0.25) is 0 Å². The second-order valence-electron chi connectivity index (χ2n) is 5.06. The molecule has 0 saturated carbocycles. The lowest BCUT2D eigenvalue weighted by atomic mass is 9.97. The van der Waals surface area contributed by atoms with E-state index in [1.807, 2.05) is 56.3 Å². The maximum Gasteiger partial charge on any atom is 0.132 e. The van der Waals surface area contributed by atoms with Gasteiger partial charge in [0.05, 0.1) is 5.69 Å². The van der Waals surface area contributed by atoms with Crippen LogP contribution in [0.4, 0.5) is 11.5 Å². The molecular formula is C17H17N3. The van der Waals surface area contributed by atoms with Crippen molar-refractivity contribution in [2.24, 2.45) is 0 Å². The third-order valence-corrected chi connectivity index (χ3v) is 3.75. The second kappa shape index (κ2) is 4.53. The Balaban J connectivity index is 2.42. The lowest BCUT2D eigenvalue weighted by Crippen LogP contribution is -2.01. The van der Waals surface area contributed by atoms with Gasteiger partial charge in [-0.05, 0) is 25.0 Å². The summed E-state index contributed by atoms with van der Waals surface area (Å²) in [5.74, 6) is 0.524. The first-order chi connectivity index (χ1) is 9.59. The van der Waals surface area contributed by atoms with Crippen molar-refractivity contribution in [2.45, 2.75) is 13.8 Å². The van der Waals surface area contributed by atoms with Crippen LogP contribution in [0.5, 0.6) is 0 Å². The molecule has 0 radical (unpaired) electrons. The summed E-state index contributed by atoms with van der Waals surface area (Å²) in [4.78, 5) is 4.56. The van der Waals surface area contributed by atoms with Crippen LogP contribution in [0, 0.1) is 13.8 Å². The van der Waals surface area contributed by atoms with Crippen LogP contribution >= 0.6 is 0 Å². The lowest BCUT2D eigenvalue weighted by molar-refractivity contribution is 1.31. The first-order valence-corrected chi connectivity index (χ1v) is 6.60. The highest BCUT2D eigenvalue weighted by Gasteiger charge is 2.13. The fourth-order valence-corrected chi connectivity index (χ4v) is 2.60. The summed E-state index contributed by atoms with van der Waals surface area (Å²) in [6, 6.07) is 14.0. The number of hydrogen-bond donors (Lipinski definition) is 2. The molecule has 0 amide bonds. The molecule has 2 aromatic carbocycles. The van der Waals surface area contributed by atoms with Gasteiger partial charge in [0.15, 0.2) is 0 Å². The second-order valence-corrected chi connectivity index (χ2v) is 5.06. The summed E-state index contributed by atoms with van der Waals surface area (Å²) in [5, 5.41) is 1.93. The van der Waals surface area contributed by atoms with Gasteiger partial charge in [0.1, 0.15) is 5.82 Å². The summed E-state index contributed by atoms with van der Waals surface area (Å²) < 4.78 is 0. The van der Waals surface area contributed by atoms with E-state index >= 15 is 0 Å². The van der Waals surface area contributed by atoms with E-state index in [1.54, 1.807) is 0 Å². The van der Waals surface area contributed by atoms with E-state index in [-0.39, 0.29) is 0 Å². The summed E-state index contributed by atoms with van der Waals surface area (Å²) in [5.41, 5.74) is 17.2. The van der Waals surface area contributed by atoms with Crippen LogP contribution in [0.3, 0.4) is 0 Å². The molecule has 100 valence electrons. The summed E-state index contributed by atoms with van der Waals surface area (Å²) >= 11 is 0. The van der Waals surface area contributed by atoms with Crippen molar-refractivity contribution in [1.29, 1.82) is 0 Å². The van der Waals surface area contributed by atoms with E-state index in [4.69, 9.17) is 11.5 Å². The molecular weight excluding hydrogens is 246 g/mol. The van der Waals surface area contributed by atoms with E-state index in [0.717, 1.165) is 38.8 Å². The molecule has 0 aliphatic heterocycles. The van der Waals surface area contributed by atoms with E-state index in [2.05, 4.69) is 4.98 Å². The molecule has 1 aromatic heterocycles. The Hall–Kier alpha value is -2.55. The number of benzene rings is 2. The van der Waals surface area contributed by atoms with Crippen LogP contribution in [-0.2, 0) is 0 Å². The average molecular weight is 263 g/mol. The van der Waals surface area contributed by atoms with Gasteiger partial charge in [-0.25, -0.2) is 4.98 Å². The highest BCUT2D eigenvalue weighted by molar-refractivity contribution is 6.04. The molecule has 0 aliphatic carbocycles. The number of rotatable bonds is 1. The normalized spacial score (nSPS) is 10.9. The zero-order valence-corrected chi connectivity index (χ0v) is 11.6. The Morgan fingerprint density at radius 2 is 1.60 bits per heavy atom. The number of fused-ring (bicyclic) bond motifs is 1. The van der Waals surface area contributed by atoms with E-state index in [1.165, 1.54) is 0 Å². The van der Waals surface area contributed by atoms with Crippen molar-refractivity contribution in [1.82, 2.24) is 4.98 Å². The van der Waals surface area contributed by atoms with Crippen LogP contribution < -0.4 is 11.5 Å². The van der Waals surface area contributed by atoms with Crippen LogP contribution in [0.1, 0.15) is 11.1 Å². The van der Waals surface area contributed by atoms with Gasteiger partial charge in [0.25, 0.3) is 0 Å². The highest BCUT2D eigenvalue weighted by atomic mass is 14.8. The van der Waals surface area contributed by atoms with Crippen molar-refractivity contribution < 1.29 is 0 Å². The first-order valence-electron chi connectivity index (χ1n) is 6.60. The molecule has 0 saturated heterocycles. The molecule has 3 rings (SSSR count). The Morgan fingerprint density at radius 1 is 0.900 bits per heavy atom. The van der Waals surface area contributed by atoms with Gasteiger partial charge in [-0.3, -0.25) is 0 Å². The van der Waals surface area contributed by atoms with Gasteiger partial charge in [-0.2, -0.15) is 0 Å². The molecule has 4 N–H and O–H groups in total. The molecule has 3 aromatic rings. The maximum atomic E-state index is 6.25. The number of hydrogen-bond acceptors (Lipinski definition) is 3. The largest absolute Gasteiger partial charge is 0.398 e. The number of aromatic nitrogens is 1. The van der Waals surface area contributed by atoms with Crippen molar-refractivity contribution in [3.05, 3.63) is 53.6 Å². The monoisotopic (exact) mass is 263 g/mol. The smallest absolute Gasteiger partial charge is 0.132 e. The first kappa shape index (κ1) is 12.5. The third kappa shape index (κ3) is 1.79. The maximum absolute atomic E-state index is 6.25. The molecule has 1 heterocycles. The van der Waals surface area contributed by atoms with Gasteiger partial charge < -0.3 is 11.5 Å². The lowest BCUT2D eigenvalue weighted by Gasteiger charge is -2.14. The number of nitrogens with two attached hydrogens (primary N) is 2. The van der Waals surface area contributed by atoms with Crippen LogP contribution in [0.2, 0.25) is 0 Å². The Morgan fingerprint density at radius 3 is 2.30 bits per heavy atom. The Labute approximate surface area is 118 Å². The van der Waals surface area contributed by atoms with Gasteiger partial charge >= 0.3 is 0 Å². The van der Waals surface area contributed by atoms with E-state index < -0.39 is 0 Å². The molecule has 0 spiro atoms. The Kier molecular flexibility index (Phi) is 2.83. The number of pyridine rings is 1. The molecule has 3 nitrogen and oxygen atoms in total. The molecule has 0 unspecified atom stereocenters. The van der Waals surface area contributed by atoms with Crippen molar-refractivity contribution in [3.63, 3.8) is 0 Å². The van der Waals surface area contributed by atoms with Crippen LogP contribution in [-0.4, -0.2) is 4.98 Å². The minimum atomic E-state index is 0.524. The minimum Gasteiger partial charge on any atom is -0.398 e. The molecule has 20 heavy (non-hydrogen) atoms. The number of aryl methyl sites for hydroxylation is 2. The predicted octanol–water partition coefficient (Wildman–Crippen LogP) is 3.68. The van der Waals surface area contributed by atoms with Gasteiger partial charge in [0, 0.05) is 22.0 Å². The fourth-order valence-electron chi connectivity index (χ4n) is 2.60. The average Bonchev–Trinajstić information content (AvgIpc) is 2.46. The fraction of sp³-hybridized carbons (Fsp3) is 0.118. The van der Waals surface area contributed by atoms with Crippen molar-refractivity contribution in [2.75, 3.05) is 11.5 Å². The zero-order chi connectivity index (χ0) is 14.3. The summed E-state index contributed by atoms with van der Waals surface area (Å²) in [6.07, 6.45) is 0. The number of nitrogen functional groups attached to an aromatic ring is 2.